The number of thiazole rings is 1. The molecule has 26 heavy (non-hydrogen) atoms. The van der Waals surface area contributed by atoms with Crippen molar-refractivity contribution in [1.82, 2.24) is 4.98 Å². The van der Waals surface area contributed by atoms with Crippen LogP contribution in [0.3, 0.4) is 0 Å². The summed E-state index contributed by atoms with van der Waals surface area (Å²) in [4.78, 5) is 6.17. The molecule has 6 heteroatoms. The van der Waals surface area contributed by atoms with Crippen LogP contribution in [0.15, 0.2) is 40.9 Å². The Morgan fingerprint density at radius 3 is 2.81 bits per heavy atom. The number of ether oxygens (including phenoxy) is 2. The van der Waals surface area contributed by atoms with Crippen molar-refractivity contribution in [2.45, 2.75) is 19.8 Å². The first-order valence-corrected chi connectivity index (χ1v) is 10.2. The van der Waals surface area contributed by atoms with Crippen LogP contribution in [0.1, 0.15) is 17.4 Å². The lowest BCUT2D eigenvalue weighted by atomic mass is 9.93. The van der Waals surface area contributed by atoms with E-state index in [0.717, 1.165) is 50.9 Å². The number of aromatic nitrogens is 1. The van der Waals surface area contributed by atoms with Gasteiger partial charge in [-0.25, -0.2) is 4.98 Å². The summed E-state index contributed by atoms with van der Waals surface area (Å²) in [5.74, 6) is 1.71. The highest BCUT2D eigenvalue weighted by Crippen LogP contribution is 2.46. The van der Waals surface area contributed by atoms with E-state index in [4.69, 9.17) is 14.5 Å². The number of para-hydroxylation sites is 2. The molecule has 0 radical (unpaired) electrons. The molecule has 2 aromatic carbocycles. The van der Waals surface area contributed by atoms with Gasteiger partial charge in [-0.05, 0) is 49.6 Å². The lowest BCUT2D eigenvalue weighted by Crippen LogP contribution is -2.05. The molecular formula is C20H19BrN2O2S. The smallest absolute Gasteiger partial charge is 0.188 e. The zero-order valence-electron chi connectivity index (χ0n) is 14.6. The Kier molecular flexibility index (Phi) is 4.87. The zero-order chi connectivity index (χ0) is 18.1. The Morgan fingerprint density at radius 2 is 2.00 bits per heavy atom. The second kappa shape index (κ2) is 7.29. The molecule has 0 atom stereocenters. The number of aryl methyl sites for hydroxylation is 1. The van der Waals surface area contributed by atoms with Gasteiger partial charge in [0.05, 0.1) is 25.1 Å². The molecule has 134 valence electrons. The molecule has 0 amide bonds. The highest BCUT2D eigenvalue weighted by molar-refractivity contribution is 9.10. The summed E-state index contributed by atoms with van der Waals surface area (Å²) < 4.78 is 12.4. The van der Waals surface area contributed by atoms with Crippen LogP contribution in [-0.2, 0) is 12.8 Å². The van der Waals surface area contributed by atoms with E-state index >= 15 is 0 Å². The van der Waals surface area contributed by atoms with Gasteiger partial charge in [0.2, 0.25) is 0 Å². The van der Waals surface area contributed by atoms with E-state index in [0.29, 0.717) is 6.61 Å². The van der Waals surface area contributed by atoms with Gasteiger partial charge in [0.25, 0.3) is 0 Å². The Bertz CT molecular complexity index is 955. The van der Waals surface area contributed by atoms with Crippen LogP contribution in [0.25, 0.3) is 11.3 Å². The zero-order valence-corrected chi connectivity index (χ0v) is 17.0. The molecule has 1 aliphatic rings. The number of methoxy groups -OCH3 is 1. The van der Waals surface area contributed by atoms with Gasteiger partial charge in [-0.15, -0.1) is 11.3 Å². The van der Waals surface area contributed by atoms with Crippen LogP contribution in [0.2, 0.25) is 0 Å². The third-order valence-corrected chi connectivity index (χ3v) is 6.18. The number of fused-ring (bicyclic) bond motifs is 3. The summed E-state index contributed by atoms with van der Waals surface area (Å²) in [6, 6.07) is 12.0. The van der Waals surface area contributed by atoms with Gasteiger partial charge in [0.15, 0.2) is 5.13 Å². The van der Waals surface area contributed by atoms with Crippen molar-refractivity contribution in [3.05, 3.63) is 51.3 Å². The molecule has 1 aromatic heterocycles. The van der Waals surface area contributed by atoms with Crippen LogP contribution in [0.5, 0.6) is 11.5 Å². The van der Waals surface area contributed by atoms with E-state index in [9.17, 15) is 0 Å². The summed E-state index contributed by atoms with van der Waals surface area (Å²) in [6.07, 6.45) is 1.97. The predicted molar refractivity (Wildman–Crippen MR) is 110 cm³/mol. The summed E-state index contributed by atoms with van der Waals surface area (Å²) in [5, 5.41) is 4.30. The summed E-state index contributed by atoms with van der Waals surface area (Å²) >= 11 is 5.37. The van der Waals surface area contributed by atoms with Crippen molar-refractivity contribution in [2.24, 2.45) is 0 Å². The molecule has 0 bridgehead atoms. The fraction of sp³-hybridized carbons (Fsp3) is 0.250. The molecule has 1 heterocycles. The summed E-state index contributed by atoms with van der Waals surface area (Å²) in [5.41, 5.74) is 4.32. The SMILES string of the molecule is CCOc1ccccc1Nc1nc2c(s1)CCc1c(Br)ccc(OC)c1-2. The summed E-state index contributed by atoms with van der Waals surface area (Å²) in [6.45, 7) is 2.62. The van der Waals surface area contributed by atoms with Crippen molar-refractivity contribution < 1.29 is 9.47 Å². The Morgan fingerprint density at radius 1 is 1.15 bits per heavy atom. The standard InChI is InChI=1S/C20H19BrN2O2S/c1-3-25-15-7-5-4-6-14(15)22-20-23-19-17(26-20)11-8-12-13(21)9-10-16(24-2)18(12)19/h4-7,9-10H,3,8,11H2,1-2H3,(H,22,23). The number of halogens is 1. The first-order chi connectivity index (χ1) is 12.7. The molecule has 4 nitrogen and oxygen atoms in total. The predicted octanol–water partition coefficient (Wildman–Crippen LogP) is 5.82. The maximum absolute atomic E-state index is 5.71. The third kappa shape index (κ3) is 3.08. The minimum absolute atomic E-state index is 0.631. The minimum atomic E-state index is 0.631. The molecule has 3 aromatic rings. The monoisotopic (exact) mass is 430 g/mol. The van der Waals surface area contributed by atoms with E-state index in [-0.39, 0.29) is 0 Å². The Labute approximate surface area is 165 Å². The van der Waals surface area contributed by atoms with Gasteiger partial charge in [0, 0.05) is 14.9 Å². The third-order valence-electron chi connectivity index (χ3n) is 4.40. The number of anilines is 2. The highest BCUT2D eigenvalue weighted by atomic mass is 79.9. The van der Waals surface area contributed by atoms with Gasteiger partial charge >= 0.3 is 0 Å². The first kappa shape index (κ1) is 17.4. The number of nitrogens with one attached hydrogen (secondary N) is 1. The van der Waals surface area contributed by atoms with Gasteiger partial charge in [-0.2, -0.15) is 0 Å². The molecule has 0 saturated carbocycles. The normalized spacial score (nSPS) is 12.3. The fourth-order valence-corrected chi connectivity index (χ4v) is 4.76. The highest BCUT2D eigenvalue weighted by Gasteiger charge is 2.26. The number of rotatable bonds is 5. The van der Waals surface area contributed by atoms with Crippen LogP contribution in [0, 0.1) is 0 Å². The molecule has 1 N–H and O–H groups in total. The molecule has 4 rings (SSSR count). The van der Waals surface area contributed by atoms with E-state index in [1.807, 2.05) is 43.3 Å². The molecule has 0 fully saturated rings. The maximum Gasteiger partial charge on any atom is 0.188 e. The largest absolute Gasteiger partial charge is 0.496 e. The number of hydrogen-bond donors (Lipinski definition) is 1. The number of nitrogens with zero attached hydrogens (tertiary/aromatic N) is 1. The molecule has 0 spiro atoms. The molecule has 0 aliphatic heterocycles. The molecule has 0 saturated heterocycles. The van der Waals surface area contributed by atoms with Crippen molar-refractivity contribution in [3.8, 4) is 22.8 Å². The second-order valence-electron chi connectivity index (χ2n) is 5.95. The number of benzene rings is 2. The molecular weight excluding hydrogens is 412 g/mol. The van der Waals surface area contributed by atoms with Gasteiger partial charge in [0.1, 0.15) is 11.5 Å². The van der Waals surface area contributed by atoms with Crippen LogP contribution < -0.4 is 14.8 Å². The fourth-order valence-electron chi connectivity index (χ4n) is 3.25. The van der Waals surface area contributed by atoms with Crippen molar-refractivity contribution in [2.75, 3.05) is 19.0 Å². The van der Waals surface area contributed by atoms with Crippen LogP contribution in [-0.4, -0.2) is 18.7 Å². The van der Waals surface area contributed by atoms with Crippen LogP contribution >= 0.6 is 27.3 Å². The van der Waals surface area contributed by atoms with Crippen LogP contribution in [0.4, 0.5) is 10.8 Å². The van der Waals surface area contributed by atoms with Gasteiger partial charge < -0.3 is 14.8 Å². The summed E-state index contributed by atoms with van der Waals surface area (Å²) in [7, 11) is 1.71. The Balaban J connectivity index is 1.74. The lowest BCUT2D eigenvalue weighted by molar-refractivity contribution is 0.342. The van der Waals surface area contributed by atoms with E-state index in [2.05, 4.69) is 21.2 Å². The average molecular weight is 431 g/mol. The quantitative estimate of drug-likeness (QED) is 0.553. The van der Waals surface area contributed by atoms with E-state index < -0.39 is 0 Å². The van der Waals surface area contributed by atoms with E-state index in [1.54, 1.807) is 18.4 Å². The van der Waals surface area contributed by atoms with Crippen molar-refractivity contribution >= 4 is 38.1 Å². The molecule has 1 aliphatic carbocycles. The average Bonchev–Trinajstić information content (AvgIpc) is 3.07. The second-order valence-corrected chi connectivity index (χ2v) is 7.89. The van der Waals surface area contributed by atoms with Gasteiger partial charge in [-0.1, -0.05) is 28.1 Å². The number of hydrogen-bond acceptors (Lipinski definition) is 5. The van der Waals surface area contributed by atoms with Crippen molar-refractivity contribution in [1.29, 1.82) is 0 Å². The van der Waals surface area contributed by atoms with Crippen molar-refractivity contribution in [3.63, 3.8) is 0 Å². The molecule has 0 unspecified atom stereocenters. The Hall–Kier alpha value is -2.05. The minimum Gasteiger partial charge on any atom is -0.496 e. The van der Waals surface area contributed by atoms with E-state index in [1.165, 1.54) is 10.4 Å². The first-order valence-electron chi connectivity index (χ1n) is 8.55. The maximum atomic E-state index is 5.71. The van der Waals surface area contributed by atoms with Gasteiger partial charge in [-0.3, -0.25) is 0 Å². The lowest BCUT2D eigenvalue weighted by Gasteiger charge is -2.19. The topological polar surface area (TPSA) is 43.4 Å².